The van der Waals surface area contributed by atoms with Crippen molar-refractivity contribution >= 4 is 5.82 Å². The van der Waals surface area contributed by atoms with Gasteiger partial charge in [-0.25, -0.2) is 0 Å². The summed E-state index contributed by atoms with van der Waals surface area (Å²) >= 11 is 0. The van der Waals surface area contributed by atoms with Crippen LogP contribution in [0.4, 0.5) is 19.0 Å². The van der Waals surface area contributed by atoms with E-state index in [1.165, 1.54) is 6.07 Å². The van der Waals surface area contributed by atoms with Crippen LogP contribution in [0.1, 0.15) is 18.0 Å². The van der Waals surface area contributed by atoms with E-state index >= 15 is 0 Å². The molecule has 84 valence electrons. The normalized spacial score (nSPS) is 18.1. The van der Waals surface area contributed by atoms with Gasteiger partial charge in [0.2, 0.25) is 0 Å². The van der Waals surface area contributed by atoms with Gasteiger partial charge in [0.15, 0.2) is 0 Å². The Balaban J connectivity index is 2.33. The van der Waals surface area contributed by atoms with E-state index in [-0.39, 0.29) is 5.56 Å². The van der Waals surface area contributed by atoms with Crippen molar-refractivity contribution in [3.63, 3.8) is 0 Å². The number of hydrogen-bond donors (Lipinski definition) is 2. The van der Waals surface area contributed by atoms with Crippen LogP contribution in [0, 0.1) is 0 Å². The van der Waals surface area contributed by atoms with Crippen LogP contribution in [0.2, 0.25) is 0 Å². The quantitative estimate of drug-likeness (QED) is 0.757. The number of anilines is 1. The van der Waals surface area contributed by atoms with Gasteiger partial charge >= 0.3 is 6.18 Å². The number of aromatic nitrogens is 1. The molecule has 1 unspecified atom stereocenters. The molecule has 0 fully saturated rings. The Morgan fingerprint density at radius 1 is 1.47 bits per heavy atom. The SMILES string of the molecule is NC(c1ccn2c1NCCC2)C(F)(F)F. The molecule has 0 bridgehead atoms. The van der Waals surface area contributed by atoms with Crippen molar-refractivity contribution in [2.24, 2.45) is 5.73 Å². The minimum Gasteiger partial charge on any atom is -0.371 e. The summed E-state index contributed by atoms with van der Waals surface area (Å²) in [7, 11) is 0. The van der Waals surface area contributed by atoms with Gasteiger partial charge in [0.1, 0.15) is 11.9 Å². The number of aryl methyl sites for hydroxylation is 1. The highest BCUT2D eigenvalue weighted by molar-refractivity contribution is 5.49. The third-order valence-corrected chi connectivity index (χ3v) is 2.55. The summed E-state index contributed by atoms with van der Waals surface area (Å²) < 4.78 is 39.0. The first-order valence-electron chi connectivity index (χ1n) is 4.75. The van der Waals surface area contributed by atoms with E-state index in [1.807, 2.05) is 0 Å². The summed E-state index contributed by atoms with van der Waals surface area (Å²) in [5.74, 6) is 0.506. The second-order valence-corrected chi connectivity index (χ2v) is 3.61. The Morgan fingerprint density at radius 2 is 2.20 bits per heavy atom. The molecule has 1 aromatic rings. The average Bonchev–Trinajstić information content (AvgIpc) is 2.58. The van der Waals surface area contributed by atoms with Gasteiger partial charge < -0.3 is 15.6 Å². The van der Waals surface area contributed by atoms with Crippen LogP contribution in [0.5, 0.6) is 0 Å². The van der Waals surface area contributed by atoms with E-state index in [1.54, 1.807) is 10.8 Å². The molecule has 2 rings (SSSR count). The van der Waals surface area contributed by atoms with Gasteiger partial charge in [-0.3, -0.25) is 0 Å². The van der Waals surface area contributed by atoms with E-state index < -0.39 is 12.2 Å². The van der Waals surface area contributed by atoms with Crippen molar-refractivity contribution in [3.05, 3.63) is 17.8 Å². The molecule has 0 aromatic carbocycles. The van der Waals surface area contributed by atoms with Crippen LogP contribution in [0.15, 0.2) is 12.3 Å². The van der Waals surface area contributed by atoms with Gasteiger partial charge in [0.25, 0.3) is 0 Å². The zero-order valence-corrected chi connectivity index (χ0v) is 8.01. The van der Waals surface area contributed by atoms with Crippen LogP contribution in [-0.2, 0) is 6.54 Å². The van der Waals surface area contributed by atoms with E-state index in [0.717, 1.165) is 13.0 Å². The molecule has 3 nitrogen and oxygen atoms in total. The summed E-state index contributed by atoms with van der Waals surface area (Å²) in [5, 5.41) is 2.95. The second-order valence-electron chi connectivity index (χ2n) is 3.61. The van der Waals surface area contributed by atoms with Crippen LogP contribution in [0.3, 0.4) is 0 Å². The van der Waals surface area contributed by atoms with E-state index in [4.69, 9.17) is 5.73 Å². The molecule has 1 atom stereocenters. The molecule has 0 amide bonds. The molecule has 0 radical (unpaired) electrons. The lowest BCUT2D eigenvalue weighted by molar-refractivity contribution is -0.149. The molecule has 0 saturated heterocycles. The van der Waals surface area contributed by atoms with Crippen molar-refractivity contribution in [2.75, 3.05) is 11.9 Å². The molecule has 1 aliphatic rings. The molecule has 1 aliphatic heterocycles. The Bertz CT molecular complexity index is 356. The fourth-order valence-electron chi connectivity index (χ4n) is 1.76. The number of rotatable bonds is 1. The molecule has 0 aliphatic carbocycles. The van der Waals surface area contributed by atoms with Crippen LogP contribution < -0.4 is 11.1 Å². The third kappa shape index (κ3) is 1.81. The molecule has 15 heavy (non-hydrogen) atoms. The number of hydrogen-bond acceptors (Lipinski definition) is 2. The predicted molar refractivity (Wildman–Crippen MR) is 50.5 cm³/mol. The maximum absolute atomic E-state index is 12.4. The highest BCUT2D eigenvalue weighted by atomic mass is 19.4. The molecule has 1 aromatic heterocycles. The lowest BCUT2D eigenvalue weighted by atomic mass is 10.1. The summed E-state index contributed by atoms with van der Waals surface area (Å²) in [6.45, 7) is 1.44. The molecule has 6 heteroatoms. The number of nitrogens with one attached hydrogen (secondary N) is 1. The van der Waals surface area contributed by atoms with Crippen LogP contribution >= 0.6 is 0 Å². The van der Waals surface area contributed by atoms with E-state index in [9.17, 15) is 13.2 Å². The zero-order chi connectivity index (χ0) is 11.1. The van der Waals surface area contributed by atoms with Crippen molar-refractivity contribution < 1.29 is 13.2 Å². The Labute approximate surface area is 85.1 Å². The summed E-state index contributed by atoms with van der Waals surface area (Å²) in [4.78, 5) is 0. The summed E-state index contributed by atoms with van der Waals surface area (Å²) in [6, 6.07) is -0.467. The number of alkyl halides is 3. The number of halogens is 3. The Hall–Kier alpha value is -1.17. The minimum atomic E-state index is -4.39. The molecule has 3 N–H and O–H groups in total. The fraction of sp³-hybridized carbons (Fsp3) is 0.556. The first-order valence-corrected chi connectivity index (χ1v) is 4.75. The van der Waals surface area contributed by atoms with Gasteiger partial charge in [0, 0.05) is 24.8 Å². The van der Waals surface area contributed by atoms with Gasteiger partial charge in [-0.2, -0.15) is 13.2 Å². The Morgan fingerprint density at radius 3 is 2.87 bits per heavy atom. The van der Waals surface area contributed by atoms with Gasteiger partial charge in [-0.15, -0.1) is 0 Å². The molecule has 2 heterocycles. The number of nitrogens with zero attached hydrogens (tertiary/aromatic N) is 1. The topological polar surface area (TPSA) is 43.0 Å². The smallest absolute Gasteiger partial charge is 0.371 e. The number of fused-ring (bicyclic) bond motifs is 1. The molecular weight excluding hydrogens is 207 g/mol. The maximum atomic E-state index is 12.4. The van der Waals surface area contributed by atoms with Crippen molar-refractivity contribution in [1.29, 1.82) is 0 Å². The second kappa shape index (κ2) is 3.44. The average molecular weight is 219 g/mol. The van der Waals surface area contributed by atoms with Crippen molar-refractivity contribution in [1.82, 2.24) is 4.57 Å². The first-order chi connectivity index (χ1) is 7.00. The highest BCUT2D eigenvalue weighted by Gasteiger charge is 2.40. The first kappa shape index (κ1) is 10.4. The fourth-order valence-corrected chi connectivity index (χ4v) is 1.76. The summed E-state index contributed by atoms with van der Waals surface area (Å²) in [5.41, 5.74) is 5.29. The zero-order valence-electron chi connectivity index (χ0n) is 8.01. The minimum absolute atomic E-state index is 0.127. The standard InChI is InChI=1S/C9H12F3N3/c10-9(11,12)7(13)6-2-5-15-4-1-3-14-8(6)15/h2,5,7,14H,1,3-4,13H2. The molecule has 0 saturated carbocycles. The molecule has 0 spiro atoms. The highest BCUT2D eigenvalue weighted by Crippen LogP contribution is 2.35. The largest absolute Gasteiger partial charge is 0.407 e. The number of nitrogens with two attached hydrogens (primary N) is 1. The van der Waals surface area contributed by atoms with Crippen LogP contribution in [0.25, 0.3) is 0 Å². The summed E-state index contributed by atoms with van der Waals surface area (Å²) in [6.07, 6.45) is -1.83. The van der Waals surface area contributed by atoms with E-state index in [0.29, 0.717) is 12.4 Å². The lowest BCUT2D eigenvalue weighted by Gasteiger charge is -2.22. The van der Waals surface area contributed by atoms with Gasteiger partial charge in [-0.1, -0.05) is 0 Å². The van der Waals surface area contributed by atoms with Gasteiger partial charge in [0.05, 0.1) is 0 Å². The van der Waals surface area contributed by atoms with Crippen molar-refractivity contribution in [3.8, 4) is 0 Å². The third-order valence-electron chi connectivity index (χ3n) is 2.55. The monoisotopic (exact) mass is 219 g/mol. The van der Waals surface area contributed by atoms with Gasteiger partial charge in [-0.05, 0) is 12.5 Å². The lowest BCUT2D eigenvalue weighted by Crippen LogP contribution is -2.29. The van der Waals surface area contributed by atoms with Crippen LogP contribution in [-0.4, -0.2) is 17.3 Å². The Kier molecular flexibility index (Phi) is 2.38. The molecular formula is C9H12F3N3. The van der Waals surface area contributed by atoms with Crippen molar-refractivity contribution in [2.45, 2.75) is 25.2 Å². The maximum Gasteiger partial charge on any atom is 0.407 e. The predicted octanol–water partition coefficient (Wildman–Crippen LogP) is 1.87. The van der Waals surface area contributed by atoms with E-state index in [2.05, 4.69) is 5.32 Å².